The number of fused-ring (bicyclic) bond motifs is 10. The number of rotatable bonds is 6. The van der Waals surface area contributed by atoms with Gasteiger partial charge in [0, 0.05) is 62.3 Å². The molecule has 62 heavy (non-hydrogen) atoms. The standard InChI is InChI=1S/C57H44N2OS2/c1-7-36-39-26-23-34(30-48(39)56(3,4)46(36)28-32(2)37-16-12-18-44-42-14-8-10-20-50(42)61-52(37)44)54-58-59-55(60-54)35-24-27-41-40-25-22-33(29-47(40)57(5,6)49(41)31-35)38-17-13-19-45-43-15-9-11-21-51(43)62-53(38)45/h8-31H,7H2,1-6H3/b32-28+. The maximum Gasteiger partial charge on any atom is 0.248 e. The Kier molecular flexibility index (Phi) is 8.17. The van der Waals surface area contributed by atoms with Gasteiger partial charge in [-0.2, -0.15) is 0 Å². The molecule has 3 heterocycles. The summed E-state index contributed by atoms with van der Waals surface area (Å²) in [6.07, 6.45) is 3.40. The summed E-state index contributed by atoms with van der Waals surface area (Å²) in [4.78, 5) is 0. The van der Waals surface area contributed by atoms with Crippen LogP contribution in [0.1, 0.15) is 75.8 Å². The molecule has 0 unspecified atom stereocenters. The van der Waals surface area contributed by atoms with E-state index in [1.807, 2.05) is 22.7 Å². The zero-order chi connectivity index (χ0) is 42.1. The van der Waals surface area contributed by atoms with Crippen LogP contribution in [0.15, 0.2) is 156 Å². The quantitative estimate of drug-likeness (QED) is 0.167. The Morgan fingerprint density at radius 2 is 1.05 bits per heavy atom. The smallest absolute Gasteiger partial charge is 0.248 e. The Hall–Kier alpha value is -6.40. The van der Waals surface area contributed by atoms with Crippen molar-refractivity contribution in [1.82, 2.24) is 10.2 Å². The molecular weight excluding hydrogens is 793 g/mol. The van der Waals surface area contributed by atoms with Crippen molar-refractivity contribution in [2.45, 2.75) is 58.8 Å². The van der Waals surface area contributed by atoms with Crippen LogP contribution in [0.3, 0.4) is 0 Å². The molecule has 0 saturated carbocycles. The van der Waals surface area contributed by atoms with Crippen molar-refractivity contribution in [2.75, 3.05) is 0 Å². The van der Waals surface area contributed by atoms with Gasteiger partial charge in [0.15, 0.2) is 0 Å². The first-order chi connectivity index (χ1) is 30.1. The lowest BCUT2D eigenvalue weighted by Gasteiger charge is -2.24. The second-order valence-corrected chi connectivity index (χ2v) is 20.2. The van der Waals surface area contributed by atoms with Crippen molar-refractivity contribution >= 4 is 74.2 Å². The van der Waals surface area contributed by atoms with Gasteiger partial charge in [0.25, 0.3) is 0 Å². The summed E-state index contributed by atoms with van der Waals surface area (Å²) < 4.78 is 11.9. The van der Waals surface area contributed by atoms with Gasteiger partial charge in [-0.3, -0.25) is 0 Å². The third-order valence-corrected chi connectivity index (χ3v) is 16.3. The molecule has 0 amide bonds. The van der Waals surface area contributed by atoms with Crippen LogP contribution in [0.4, 0.5) is 0 Å². The van der Waals surface area contributed by atoms with Crippen LogP contribution in [0.2, 0.25) is 0 Å². The average molecular weight is 837 g/mol. The first-order valence-electron chi connectivity index (χ1n) is 21.6. The molecule has 300 valence electrons. The van der Waals surface area contributed by atoms with Crippen molar-refractivity contribution in [3.8, 4) is 45.2 Å². The van der Waals surface area contributed by atoms with Crippen LogP contribution in [0.5, 0.6) is 0 Å². The summed E-state index contributed by atoms with van der Waals surface area (Å²) >= 11 is 3.78. The van der Waals surface area contributed by atoms with Crippen LogP contribution in [-0.2, 0) is 10.8 Å². The maximum absolute atomic E-state index is 6.55. The third-order valence-electron chi connectivity index (χ3n) is 13.9. The summed E-state index contributed by atoms with van der Waals surface area (Å²) in [5, 5.41) is 14.6. The molecule has 0 radical (unpaired) electrons. The van der Waals surface area contributed by atoms with Gasteiger partial charge >= 0.3 is 0 Å². The molecule has 2 aliphatic carbocycles. The van der Waals surface area contributed by atoms with Crippen molar-refractivity contribution in [3.05, 3.63) is 179 Å². The lowest BCUT2D eigenvalue weighted by atomic mass is 9.79. The highest BCUT2D eigenvalue weighted by atomic mass is 32.1. The number of thiophene rings is 2. The van der Waals surface area contributed by atoms with E-state index in [0.717, 1.165) is 17.5 Å². The molecule has 0 fully saturated rings. The van der Waals surface area contributed by atoms with E-state index in [-0.39, 0.29) is 10.8 Å². The Balaban J connectivity index is 0.851. The zero-order valence-corrected chi connectivity index (χ0v) is 37.3. The molecule has 0 N–H and O–H groups in total. The molecule has 0 aliphatic heterocycles. The molecule has 2 aliphatic rings. The minimum absolute atomic E-state index is 0.209. The maximum atomic E-state index is 6.55. The number of allylic oxidation sites excluding steroid dienone is 4. The average Bonchev–Trinajstić information content (AvgIpc) is 4.10. The minimum Gasteiger partial charge on any atom is -0.416 e. The fraction of sp³-hybridized carbons (Fsp3) is 0.158. The van der Waals surface area contributed by atoms with Crippen molar-refractivity contribution in [1.29, 1.82) is 0 Å². The molecule has 7 aromatic carbocycles. The summed E-state index contributed by atoms with van der Waals surface area (Å²) in [6, 6.07) is 51.3. The van der Waals surface area contributed by atoms with E-state index in [1.165, 1.54) is 107 Å². The van der Waals surface area contributed by atoms with Gasteiger partial charge in [-0.25, -0.2) is 0 Å². The number of aromatic nitrogens is 2. The van der Waals surface area contributed by atoms with E-state index in [9.17, 15) is 0 Å². The predicted octanol–water partition coefficient (Wildman–Crippen LogP) is 16.7. The van der Waals surface area contributed by atoms with Crippen LogP contribution in [0.25, 0.3) is 96.7 Å². The Morgan fingerprint density at radius 3 is 1.69 bits per heavy atom. The van der Waals surface area contributed by atoms with Gasteiger partial charge in [-0.05, 0) is 123 Å². The van der Waals surface area contributed by atoms with E-state index in [2.05, 4.69) is 197 Å². The molecule has 12 rings (SSSR count). The molecule has 5 heteroatoms. The largest absolute Gasteiger partial charge is 0.416 e. The monoisotopic (exact) mass is 836 g/mol. The molecule has 0 spiro atoms. The van der Waals surface area contributed by atoms with Crippen molar-refractivity contribution < 1.29 is 4.42 Å². The lowest BCUT2D eigenvalue weighted by molar-refractivity contribution is 0.583. The van der Waals surface area contributed by atoms with E-state index in [4.69, 9.17) is 4.42 Å². The minimum atomic E-state index is -0.210. The first-order valence-corrected chi connectivity index (χ1v) is 23.2. The summed E-state index contributed by atoms with van der Waals surface area (Å²) in [6.45, 7) is 13.9. The Labute approximate surface area is 369 Å². The number of benzene rings is 7. The highest BCUT2D eigenvalue weighted by Gasteiger charge is 2.38. The van der Waals surface area contributed by atoms with Gasteiger partial charge in [-0.15, -0.1) is 32.9 Å². The van der Waals surface area contributed by atoms with Gasteiger partial charge in [0.05, 0.1) is 0 Å². The molecule has 0 saturated heterocycles. The van der Waals surface area contributed by atoms with E-state index >= 15 is 0 Å². The topological polar surface area (TPSA) is 38.9 Å². The number of hydrogen-bond acceptors (Lipinski definition) is 5. The lowest BCUT2D eigenvalue weighted by Crippen LogP contribution is -2.16. The SMILES string of the molecule is CCC1=C(/C=C(\C)c2cccc3c2sc2ccccc23)C(C)(C)c2cc(-c3nnc(-c4ccc5c(c4)C(C)(C)c4cc(-c6cccc7c6sc6ccccc67)ccc4-5)o3)ccc21. The third kappa shape index (κ3) is 5.41. The molecule has 3 nitrogen and oxygen atoms in total. The molecular formula is C57H44N2OS2. The summed E-state index contributed by atoms with van der Waals surface area (Å²) in [5.74, 6) is 1.07. The van der Waals surface area contributed by atoms with Crippen LogP contribution < -0.4 is 0 Å². The highest BCUT2D eigenvalue weighted by molar-refractivity contribution is 7.26. The van der Waals surface area contributed by atoms with Crippen LogP contribution in [-0.4, -0.2) is 10.2 Å². The van der Waals surface area contributed by atoms with Gasteiger partial charge < -0.3 is 4.42 Å². The molecule has 0 bridgehead atoms. The molecule has 10 aromatic rings. The van der Waals surface area contributed by atoms with Gasteiger partial charge in [0.1, 0.15) is 0 Å². The van der Waals surface area contributed by atoms with Gasteiger partial charge in [-0.1, -0.05) is 138 Å². The second-order valence-electron chi connectivity index (χ2n) is 18.1. The normalized spacial score (nSPS) is 15.3. The van der Waals surface area contributed by atoms with Crippen molar-refractivity contribution in [3.63, 3.8) is 0 Å². The van der Waals surface area contributed by atoms with E-state index < -0.39 is 0 Å². The number of hydrogen-bond donors (Lipinski definition) is 0. The first kappa shape index (κ1) is 37.4. The number of nitrogens with zero attached hydrogens (tertiary/aromatic N) is 2. The van der Waals surface area contributed by atoms with E-state index in [0.29, 0.717) is 11.8 Å². The summed E-state index contributed by atoms with van der Waals surface area (Å²) in [7, 11) is 0. The predicted molar refractivity (Wildman–Crippen MR) is 264 cm³/mol. The van der Waals surface area contributed by atoms with Crippen molar-refractivity contribution in [2.24, 2.45) is 0 Å². The van der Waals surface area contributed by atoms with Crippen LogP contribution in [0, 0.1) is 0 Å². The fourth-order valence-electron chi connectivity index (χ4n) is 10.6. The molecule has 3 aromatic heterocycles. The molecule has 0 atom stereocenters. The Bertz CT molecular complexity index is 3590. The highest BCUT2D eigenvalue weighted by Crippen LogP contribution is 2.53. The Morgan fingerprint density at radius 1 is 0.532 bits per heavy atom. The summed E-state index contributed by atoms with van der Waals surface area (Å²) in [5.41, 5.74) is 17.2. The van der Waals surface area contributed by atoms with Crippen LogP contribution >= 0.6 is 22.7 Å². The van der Waals surface area contributed by atoms with E-state index in [1.54, 1.807) is 0 Å². The second kappa shape index (κ2) is 13.5. The fourth-order valence-corrected chi connectivity index (χ4v) is 13.1. The zero-order valence-electron chi connectivity index (χ0n) is 35.7. The van der Waals surface area contributed by atoms with Gasteiger partial charge in [0.2, 0.25) is 11.8 Å².